The number of anilines is 2. The van der Waals surface area contributed by atoms with E-state index in [0.717, 1.165) is 70.9 Å². The van der Waals surface area contributed by atoms with Crippen molar-refractivity contribution >= 4 is 55.0 Å². The summed E-state index contributed by atoms with van der Waals surface area (Å²) in [7, 11) is -8.12. The monoisotopic (exact) mass is 846 g/mol. The zero-order valence-electron chi connectivity index (χ0n) is 33.7. The van der Waals surface area contributed by atoms with E-state index in [1.807, 2.05) is 54.6 Å². The van der Waals surface area contributed by atoms with Crippen molar-refractivity contribution in [3.63, 3.8) is 0 Å². The first-order valence-corrected chi connectivity index (χ1v) is 23.9. The molecule has 0 amide bonds. The molecule has 310 valence electrons. The maximum Gasteiger partial charge on any atom is 0.367 e. The van der Waals surface area contributed by atoms with Crippen molar-refractivity contribution in [1.82, 2.24) is 0 Å². The van der Waals surface area contributed by atoms with Gasteiger partial charge < -0.3 is 19.6 Å². The summed E-state index contributed by atoms with van der Waals surface area (Å²) >= 11 is 0.990. The van der Waals surface area contributed by atoms with Gasteiger partial charge in [-0.2, -0.15) is 12.8 Å². The van der Waals surface area contributed by atoms with Crippen LogP contribution in [0.15, 0.2) is 126 Å². The van der Waals surface area contributed by atoms with Crippen LogP contribution in [0.5, 0.6) is 0 Å². The molecule has 0 N–H and O–H groups in total. The molecule has 3 aliphatic rings. The molecule has 3 aromatic carbocycles. The third-order valence-electron chi connectivity index (χ3n) is 11.2. The molecule has 0 spiro atoms. The Hall–Kier alpha value is -4.02. The van der Waals surface area contributed by atoms with Crippen LogP contribution in [0.1, 0.15) is 77.3 Å². The molecule has 1 aliphatic carbocycles. The van der Waals surface area contributed by atoms with Crippen LogP contribution in [0, 0.1) is 0 Å². The van der Waals surface area contributed by atoms with Crippen LogP contribution in [-0.2, 0) is 40.3 Å². The lowest BCUT2D eigenvalue weighted by molar-refractivity contribution is -0.777. The Morgan fingerprint density at radius 2 is 1.19 bits per heavy atom. The molecule has 0 aromatic heterocycles. The lowest BCUT2D eigenvalue weighted by Crippen LogP contribution is -2.27. The lowest BCUT2D eigenvalue weighted by Gasteiger charge is -2.27. The van der Waals surface area contributed by atoms with E-state index < -0.39 is 31.3 Å². The summed E-state index contributed by atoms with van der Waals surface area (Å²) in [5.41, 5.74) is 8.82. The normalized spacial score (nSPS) is 21.1. The molecule has 2 heterocycles. The van der Waals surface area contributed by atoms with E-state index in [9.17, 15) is 26.6 Å². The quantitative estimate of drug-likeness (QED) is 0.0349. The van der Waals surface area contributed by atoms with E-state index >= 15 is 0 Å². The highest BCUT2D eigenvalue weighted by atomic mass is 32.2. The van der Waals surface area contributed by atoms with Gasteiger partial charge in [-0.25, -0.2) is 8.42 Å². The van der Waals surface area contributed by atoms with Crippen molar-refractivity contribution < 1.29 is 40.0 Å². The summed E-state index contributed by atoms with van der Waals surface area (Å²) < 4.78 is 67.8. The van der Waals surface area contributed by atoms with E-state index in [2.05, 4.69) is 95.4 Å². The van der Waals surface area contributed by atoms with Gasteiger partial charge in [0.15, 0.2) is 0 Å². The fourth-order valence-electron chi connectivity index (χ4n) is 8.50. The summed E-state index contributed by atoms with van der Waals surface area (Å²) in [5, 5.41) is 13.7. The molecule has 0 atom stereocenters. The Labute approximate surface area is 347 Å². The van der Waals surface area contributed by atoms with Crippen LogP contribution in [0.3, 0.4) is 0 Å². The molecule has 0 radical (unpaired) electrons. The minimum atomic E-state index is -4.31. The second kappa shape index (κ2) is 18.1. The number of hydrogen-bond donors (Lipinski definition) is 0. The Morgan fingerprint density at radius 1 is 0.707 bits per heavy atom. The predicted molar refractivity (Wildman–Crippen MR) is 229 cm³/mol. The Balaban J connectivity index is 1.45. The van der Waals surface area contributed by atoms with Crippen LogP contribution in [0.2, 0.25) is 0 Å². The van der Waals surface area contributed by atoms with Crippen LogP contribution < -0.4 is 15.1 Å². The number of sulfonamides is 1. The summed E-state index contributed by atoms with van der Waals surface area (Å²) in [6.07, 6.45) is 13.3. The zero-order valence-corrected chi connectivity index (χ0v) is 36.2. The van der Waals surface area contributed by atoms with Crippen LogP contribution in [0.25, 0.3) is 0 Å². The summed E-state index contributed by atoms with van der Waals surface area (Å²) in [6.45, 7) is 9.99. The SMILES string of the molecule is CC1(C)/C(=C\C=C2CCC(=C\C=C3\N(CCCCS(=O)(=O)[O-])c4ccccc4C3(C)C)/C2=[N+](/c2ccccc2)S(C)(=O)=O)N(CCCCSOO[O-])c2ccccc21. The molecule has 1 saturated carbocycles. The van der Waals surface area contributed by atoms with Gasteiger partial charge in [0.1, 0.15) is 0 Å². The van der Waals surface area contributed by atoms with Crippen molar-refractivity contribution in [2.75, 3.05) is 40.7 Å². The summed E-state index contributed by atoms with van der Waals surface area (Å²) in [4.78, 5) is 4.53. The number of para-hydroxylation sites is 3. The maximum atomic E-state index is 13.9. The van der Waals surface area contributed by atoms with Crippen LogP contribution >= 0.6 is 12.0 Å². The number of nitrogens with zero attached hydrogens (tertiary/aromatic N) is 3. The minimum Gasteiger partial charge on any atom is -0.748 e. The van der Waals surface area contributed by atoms with Crippen molar-refractivity contribution in [2.24, 2.45) is 0 Å². The average Bonchev–Trinajstić information content (AvgIpc) is 3.73. The Bertz CT molecular complexity index is 2370. The Kier molecular flexibility index (Phi) is 13.6. The van der Waals surface area contributed by atoms with Gasteiger partial charge in [0.05, 0.1) is 16.4 Å². The highest BCUT2D eigenvalue weighted by Crippen LogP contribution is 2.49. The number of unbranched alkanes of at least 4 members (excludes halogenated alkanes) is 2. The molecule has 58 heavy (non-hydrogen) atoms. The largest absolute Gasteiger partial charge is 0.748 e. The standard InChI is InChI=1S/C44H53N3O8S3/c1-43(2)36-19-9-11-21-38(36)45(29-13-15-31-56-55-54-48)40(43)27-25-33-23-24-34(42(33)47(57(5,49)50)35-17-7-6-8-18-35)26-28-41-44(3,4)37-20-10-12-22-39(37)46(41)30-14-16-32-58(51,52)53/h6-12,17-22,25-28H,13-16,23-24,29-32H2,1-5H3,(H-,48,51,52,53)/p-1. The molecule has 0 saturated heterocycles. The van der Waals surface area contributed by atoms with Gasteiger partial charge in [-0.05, 0) is 73.9 Å². The van der Waals surface area contributed by atoms with Gasteiger partial charge in [-0.1, -0.05) is 98.4 Å². The van der Waals surface area contributed by atoms with Crippen LogP contribution in [-0.4, -0.2) is 61.9 Å². The zero-order chi connectivity index (χ0) is 41.7. The molecule has 2 aliphatic heterocycles. The number of fused-ring (bicyclic) bond motifs is 2. The van der Waals surface area contributed by atoms with Gasteiger partial charge in [0.2, 0.25) is 11.4 Å². The number of rotatable bonds is 16. The van der Waals surface area contributed by atoms with E-state index in [4.69, 9.17) is 0 Å². The molecular weight excluding hydrogens is 795 g/mol. The second-order valence-corrected chi connectivity index (χ2v) is 20.1. The third-order valence-corrected chi connectivity index (χ3v) is 13.7. The first kappa shape index (κ1) is 43.6. The first-order valence-electron chi connectivity index (χ1n) is 19.6. The Morgan fingerprint density at radius 3 is 1.67 bits per heavy atom. The first-order chi connectivity index (χ1) is 27.6. The van der Waals surface area contributed by atoms with Crippen molar-refractivity contribution in [3.05, 3.63) is 137 Å². The van der Waals surface area contributed by atoms with Crippen LogP contribution in [0.4, 0.5) is 17.1 Å². The van der Waals surface area contributed by atoms with E-state index in [1.54, 1.807) is 0 Å². The van der Waals surface area contributed by atoms with Crippen molar-refractivity contribution in [3.8, 4) is 0 Å². The molecule has 14 heteroatoms. The van der Waals surface area contributed by atoms with Gasteiger partial charge >= 0.3 is 10.0 Å². The maximum absolute atomic E-state index is 13.9. The molecule has 6 rings (SSSR count). The predicted octanol–water partition coefficient (Wildman–Crippen LogP) is 7.72. The molecule has 1 fully saturated rings. The van der Waals surface area contributed by atoms with Gasteiger partial charge in [-0.15, -0.1) is 0 Å². The lowest BCUT2D eigenvalue weighted by atomic mass is 9.83. The van der Waals surface area contributed by atoms with Gasteiger partial charge in [0, 0.05) is 93.5 Å². The second-order valence-electron chi connectivity index (χ2n) is 15.9. The molecule has 11 nitrogen and oxygen atoms in total. The number of hydrogen-bond acceptors (Lipinski definition) is 11. The van der Waals surface area contributed by atoms with Gasteiger partial charge in [0.25, 0.3) is 0 Å². The molecular formula is C44H52N3O8S3-. The number of benzene rings is 3. The summed E-state index contributed by atoms with van der Waals surface area (Å²) in [6, 6.07) is 25.7. The van der Waals surface area contributed by atoms with E-state index in [-0.39, 0.29) is 11.8 Å². The summed E-state index contributed by atoms with van der Waals surface area (Å²) in [5.74, 6) is 0.204. The highest BCUT2D eigenvalue weighted by Gasteiger charge is 2.42. The molecule has 0 bridgehead atoms. The fraction of sp³-hybridized carbons (Fsp3) is 0.386. The average molecular weight is 847 g/mol. The molecule has 0 unspecified atom stereocenters. The topological polar surface area (TPSA) is 142 Å². The molecule has 3 aromatic rings. The van der Waals surface area contributed by atoms with Gasteiger partial charge in [-0.3, -0.25) is 5.04 Å². The van der Waals surface area contributed by atoms with E-state index in [1.165, 1.54) is 15.8 Å². The van der Waals surface area contributed by atoms with E-state index in [0.29, 0.717) is 43.0 Å². The number of allylic oxidation sites excluding steroid dienone is 8. The highest BCUT2D eigenvalue weighted by molar-refractivity contribution is 7.94. The van der Waals surface area contributed by atoms with Crippen molar-refractivity contribution in [2.45, 2.75) is 77.0 Å². The minimum absolute atomic E-state index is 0.257. The smallest absolute Gasteiger partial charge is 0.367 e. The third kappa shape index (κ3) is 9.54. The fourth-order valence-corrected chi connectivity index (χ4v) is 10.6. The van der Waals surface area contributed by atoms with Crippen molar-refractivity contribution in [1.29, 1.82) is 0 Å².